The summed E-state index contributed by atoms with van der Waals surface area (Å²) >= 11 is 0. The Balaban J connectivity index is 2.08. The zero-order valence-electron chi connectivity index (χ0n) is 17.7. The van der Waals surface area contributed by atoms with E-state index in [0.717, 1.165) is 21.9 Å². The van der Waals surface area contributed by atoms with Crippen molar-refractivity contribution in [3.8, 4) is 0 Å². The van der Waals surface area contributed by atoms with Crippen LogP contribution in [0.3, 0.4) is 0 Å². The highest BCUT2D eigenvalue weighted by Crippen LogP contribution is 2.24. The van der Waals surface area contributed by atoms with Gasteiger partial charge in [0.2, 0.25) is 0 Å². The summed E-state index contributed by atoms with van der Waals surface area (Å²) in [5.74, 6) is -1.22. The first-order chi connectivity index (χ1) is 13.7. The molecule has 0 amide bonds. The van der Waals surface area contributed by atoms with Crippen molar-refractivity contribution in [2.24, 2.45) is 11.8 Å². The van der Waals surface area contributed by atoms with Crippen LogP contribution >= 0.6 is 0 Å². The van der Waals surface area contributed by atoms with Crippen LogP contribution < -0.4 is 0 Å². The molecule has 0 bridgehead atoms. The fourth-order valence-corrected chi connectivity index (χ4v) is 3.09. The number of hydrogen-bond acceptors (Lipinski definition) is 4. The average molecular weight is 398 g/mol. The van der Waals surface area contributed by atoms with Crippen molar-refractivity contribution >= 4 is 28.8 Å². The van der Waals surface area contributed by atoms with Crippen LogP contribution in [0.15, 0.2) is 42.5 Å². The Morgan fingerprint density at radius 1 is 1.03 bits per heavy atom. The third kappa shape index (κ3) is 6.71. The monoisotopic (exact) mass is 398 g/mol. The molecule has 1 N–H and O–H groups in total. The number of benzene rings is 2. The van der Waals surface area contributed by atoms with E-state index in [2.05, 4.69) is 12.1 Å². The van der Waals surface area contributed by atoms with E-state index < -0.39 is 12.1 Å². The molecule has 2 aromatic carbocycles. The van der Waals surface area contributed by atoms with Crippen molar-refractivity contribution in [1.82, 2.24) is 0 Å². The number of carbonyl (C=O) groups is 2. The van der Waals surface area contributed by atoms with Gasteiger partial charge in [0, 0.05) is 6.92 Å². The van der Waals surface area contributed by atoms with E-state index in [1.165, 1.54) is 6.92 Å². The first-order valence-corrected chi connectivity index (χ1v) is 9.91. The summed E-state index contributed by atoms with van der Waals surface area (Å²) < 4.78 is 10.8. The van der Waals surface area contributed by atoms with E-state index in [1.807, 2.05) is 64.1 Å². The Morgan fingerprint density at radius 2 is 1.72 bits per heavy atom. The molecule has 1 unspecified atom stereocenters. The highest BCUT2D eigenvalue weighted by Gasteiger charge is 2.22. The zero-order valence-corrected chi connectivity index (χ0v) is 17.7. The molecule has 2 rings (SSSR count). The second-order valence-electron chi connectivity index (χ2n) is 7.79. The second-order valence-corrected chi connectivity index (χ2v) is 7.79. The molecular formula is C24H30O5. The molecule has 156 valence electrons. The third-order valence-electron chi connectivity index (χ3n) is 4.71. The standard InChI is InChI=1S/C24H30O5/c1-15(2)23(24(26)27)28-14-16(3)6-7-19-8-9-20-10-11-21(13-22(20)12-19)17(4)29-18(5)25/h6-13,15-17,23H,14H2,1-5H3,(H,26,27)/b7-6+/t16?,17-,23+/m1/s1. The zero-order chi connectivity index (χ0) is 21.6. The van der Waals surface area contributed by atoms with Gasteiger partial charge < -0.3 is 14.6 Å². The van der Waals surface area contributed by atoms with Gasteiger partial charge in [0.1, 0.15) is 6.10 Å². The van der Waals surface area contributed by atoms with Crippen molar-refractivity contribution in [2.75, 3.05) is 6.61 Å². The van der Waals surface area contributed by atoms with Gasteiger partial charge in [0.15, 0.2) is 6.10 Å². The van der Waals surface area contributed by atoms with Gasteiger partial charge in [-0.15, -0.1) is 0 Å². The summed E-state index contributed by atoms with van der Waals surface area (Å²) in [4.78, 5) is 22.4. The fraction of sp³-hybridized carbons (Fsp3) is 0.417. The minimum absolute atomic E-state index is 0.0762. The molecule has 0 aliphatic rings. The highest BCUT2D eigenvalue weighted by molar-refractivity contribution is 5.85. The summed E-state index contributed by atoms with van der Waals surface area (Å²) in [6, 6.07) is 12.2. The molecule has 0 aliphatic carbocycles. The van der Waals surface area contributed by atoms with Crippen molar-refractivity contribution in [3.05, 3.63) is 53.6 Å². The Kier molecular flexibility index (Phi) is 7.97. The van der Waals surface area contributed by atoms with Crippen molar-refractivity contribution in [1.29, 1.82) is 0 Å². The molecule has 29 heavy (non-hydrogen) atoms. The lowest BCUT2D eigenvalue weighted by Gasteiger charge is -2.18. The van der Waals surface area contributed by atoms with Crippen LogP contribution in [-0.4, -0.2) is 29.8 Å². The molecule has 0 heterocycles. The predicted octanol–water partition coefficient (Wildman–Crippen LogP) is 5.24. The lowest BCUT2D eigenvalue weighted by molar-refractivity contribution is -0.154. The normalized spacial score (nSPS) is 14.8. The molecule has 0 fully saturated rings. The number of carboxylic acids is 1. The van der Waals surface area contributed by atoms with E-state index in [1.54, 1.807) is 0 Å². The maximum atomic E-state index is 11.2. The van der Waals surface area contributed by atoms with Crippen LogP contribution in [-0.2, 0) is 19.1 Å². The number of carboxylic acid groups (broad SMARTS) is 1. The molecule has 5 heteroatoms. The first kappa shape index (κ1) is 22.6. The molecule has 0 aliphatic heterocycles. The quantitative estimate of drug-likeness (QED) is 0.585. The van der Waals surface area contributed by atoms with Crippen molar-refractivity contribution < 1.29 is 24.2 Å². The molecule has 0 aromatic heterocycles. The predicted molar refractivity (Wildman–Crippen MR) is 115 cm³/mol. The molecule has 0 spiro atoms. The molecular weight excluding hydrogens is 368 g/mol. The summed E-state index contributed by atoms with van der Waals surface area (Å²) in [5.41, 5.74) is 1.99. The van der Waals surface area contributed by atoms with Crippen LogP contribution in [0.25, 0.3) is 16.8 Å². The fourth-order valence-electron chi connectivity index (χ4n) is 3.09. The van der Waals surface area contributed by atoms with Gasteiger partial charge >= 0.3 is 11.9 Å². The van der Waals surface area contributed by atoms with Gasteiger partial charge in [-0.05, 0) is 52.8 Å². The molecule has 0 saturated heterocycles. The first-order valence-electron chi connectivity index (χ1n) is 9.91. The minimum atomic E-state index is -0.926. The molecule has 0 radical (unpaired) electrons. The van der Waals surface area contributed by atoms with Gasteiger partial charge in [0.05, 0.1) is 6.61 Å². The maximum absolute atomic E-state index is 11.2. The number of esters is 1. The highest BCUT2D eigenvalue weighted by atomic mass is 16.5. The largest absolute Gasteiger partial charge is 0.479 e. The number of hydrogen-bond donors (Lipinski definition) is 1. The molecule has 3 atom stereocenters. The van der Waals surface area contributed by atoms with E-state index in [0.29, 0.717) is 6.61 Å². The van der Waals surface area contributed by atoms with Gasteiger partial charge in [-0.25, -0.2) is 4.79 Å². The van der Waals surface area contributed by atoms with Gasteiger partial charge in [0.25, 0.3) is 0 Å². The van der Waals surface area contributed by atoms with E-state index in [9.17, 15) is 14.7 Å². The molecule has 2 aromatic rings. The van der Waals surface area contributed by atoms with Crippen LogP contribution in [0.4, 0.5) is 0 Å². The van der Waals surface area contributed by atoms with Crippen LogP contribution in [0.1, 0.15) is 51.8 Å². The second kappa shape index (κ2) is 10.2. The summed E-state index contributed by atoms with van der Waals surface area (Å²) in [6.45, 7) is 9.29. The van der Waals surface area contributed by atoms with Crippen molar-refractivity contribution in [2.45, 2.75) is 46.8 Å². The SMILES string of the molecule is CC(=O)O[C@H](C)c1ccc2ccc(/C=C/C(C)CO[C@H](C(=O)O)C(C)C)cc2c1. The van der Waals surface area contributed by atoms with Gasteiger partial charge in [-0.3, -0.25) is 4.79 Å². The van der Waals surface area contributed by atoms with E-state index >= 15 is 0 Å². The maximum Gasteiger partial charge on any atom is 0.333 e. The van der Waals surface area contributed by atoms with Crippen LogP contribution in [0.2, 0.25) is 0 Å². The summed E-state index contributed by atoms with van der Waals surface area (Å²) in [6.07, 6.45) is 2.95. The minimum Gasteiger partial charge on any atom is -0.479 e. The third-order valence-corrected chi connectivity index (χ3v) is 4.71. The van der Waals surface area contributed by atoms with Gasteiger partial charge in [-0.2, -0.15) is 0 Å². The number of ether oxygens (including phenoxy) is 2. The Labute approximate surface area is 172 Å². The Morgan fingerprint density at radius 3 is 2.34 bits per heavy atom. The smallest absolute Gasteiger partial charge is 0.333 e. The van der Waals surface area contributed by atoms with E-state index in [4.69, 9.17) is 9.47 Å². The number of fused-ring (bicyclic) bond motifs is 1. The summed E-state index contributed by atoms with van der Waals surface area (Å²) in [5, 5.41) is 11.4. The Bertz CT molecular complexity index is 884. The Hall–Kier alpha value is -2.66. The lowest BCUT2D eigenvalue weighted by Crippen LogP contribution is -2.30. The van der Waals surface area contributed by atoms with Gasteiger partial charge in [-0.1, -0.05) is 57.2 Å². The average Bonchev–Trinajstić information content (AvgIpc) is 2.64. The topological polar surface area (TPSA) is 72.8 Å². The molecule has 0 saturated carbocycles. The summed E-state index contributed by atoms with van der Waals surface area (Å²) in [7, 11) is 0. The van der Waals surface area contributed by atoms with E-state index in [-0.39, 0.29) is 23.9 Å². The number of aliphatic carboxylic acids is 1. The molecule has 5 nitrogen and oxygen atoms in total. The van der Waals surface area contributed by atoms with Crippen LogP contribution in [0, 0.1) is 11.8 Å². The number of rotatable bonds is 9. The van der Waals surface area contributed by atoms with Crippen LogP contribution in [0.5, 0.6) is 0 Å². The lowest BCUT2D eigenvalue weighted by atomic mass is 10.0. The number of carbonyl (C=O) groups excluding carboxylic acids is 1. The van der Waals surface area contributed by atoms with Crippen molar-refractivity contribution in [3.63, 3.8) is 0 Å².